The standard InChI is InChI=1S/C14H23N5O/c1-10-16-12(18-20-10)6-7-15-8-11-9-19(5)17-13(11)14(2,3)4/h9,15H,6-8H2,1-5H3. The highest BCUT2D eigenvalue weighted by atomic mass is 16.5. The highest BCUT2D eigenvalue weighted by Crippen LogP contribution is 2.23. The molecule has 6 heteroatoms. The first kappa shape index (κ1) is 14.7. The van der Waals surface area contributed by atoms with Gasteiger partial charge in [-0.25, -0.2) is 0 Å². The number of aryl methyl sites for hydroxylation is 2. The summed E-state index contributed by atoms with van der Waals surface area (Å²) >= 11 is 0. The topological polar surface area (TPSA) is 68.8 Å². The van der Waals surface area contributed by atoms with Crippen LogP contribution in [0.15, 0.2) is 10.7 Å². The first-order chi connectivity index (χ1) is 9.36. The van der Waals surface area contributed by atoms with Crippen LogP contribution in [0.2, 0.25) is 0 Å². The Bertz CT molecular complexity index is 564. The molecule has 2 aromatic heterocycles. The fourth-order valence-corrected chi connectivity index (χ4v) is 2.16. The lowest BCUT2D eigenvalue weighted by Gasteiger charge is -2.17. The molecule has 2 rings (SSSR count). The monoisotopic (exact) mass is 277 g/mol. The SMILES string of the molecule is Cc1nc(CCNCc2cn(C)nc2C(C)(C)C)no1. The molecule has 0 radical (unpaired) electrons. The van der Waals surface area contributed by atoms with Crippen LogP contribution in [0.4, 0.5) is 0 Å². The second kappa shape index (κ2) is 5.75. The molecular weight excluding hydrogens is 254 g/mol. The van der Waals surface area contributed by atoms with Gasteiger partial charge in [0.15, 0.2) is 5.82 Å². The highest BCUT2D eigenvalue weighted by molar-refractivity contribution is 5.23. The fraction of sp³-hybridized carbons (Fsp3) is 0.643. The van der Waals surface area contributed by atoms with E-state index in [-0.39, 0.29) is 5.41 Å². The van der Waals surface area contributed by atoms with Crippen molar-refractivity contribution in [1.82, 2.24) is 25.2 Å². The smallest absolute Gasteiger partial charge is 0.223 e. The van der Waals surface area contributed by atoms with Gasteiger partial charge in [-0.1, -0.05) is 25.9 Å². The maximum Gasteiger partial charge on any atom is 0.223 e. The van der Waals surface area contributed by atoms with Crippen molar-refractivity contribution < 1.29 is 4.52 Å². The molecule has 20 heavy (non-hydrogen) atoms. The lowest BCUT2D eigenvalue weighted by atomic mass is 9.89. The van der Waals surface area contributed by atoms with Crippen molar-refractivity contribution in [2.75, 3.05) is 6.54 Å². The Balaban J connectivity index is 1.88. The molecule has 0 aliphatic heterocycles. The molecule has 6 nitrogen and oxygen atoms in total. The van der Waals surface area contributed by atoms with E-state index >= 15 is 0 Å². The Morgan fingerprint density at radius 3 is 2.70 bits per heavy atom. The molecule has 0 spiro atoms. The van der Waals surface area contributed by atoms with Crippen LogP contribution in [0.3, 0.4) is 0 Å². The minimum absolute atomic E-state index is 0.0586. The van der Waals surface area contributed by atoms with Gasteiger partial charge >= 0.3 is 0 Å². The molecule has 1 N–H and O–H groups in total. The summed E-state index contributed by atoms with van der Waals surface area (Å²) < 4.78 is 6.82. The largest absolute Gasteiger partial charge is 0.340 e. The van der Waals surface area contributed by atoms with Crippen molar-refractivity contribution in [3.63, 3.8) is 0 Å². The van der Waals surface area contributed by atoms with Crippen molar-refractivity contribution >= 4 is 0 Å². The van der Waals surface area contributed by atoms with Crippen LogP contribution in [-0.2, 0) is 25.4 Å². The minimum Gasteiger partial charge on any atom is -0.340 e. The van der Waals surface area contributed by atoms with Gasteiger partial charge in [-0.15, -0.1) is 0 Å². The number of aromatic nitrogens is 4. The average molecular weight is 277 g/mol. The summed E-state index contributed by atoms with van der Waals surface area (Å²) in [6.07, 6.45) is 2.84. The summed E-state index contributed by atoms with van der Waals surface area (Å²) in [7, 11) is 1.96. The second-order valence-electron chi connectivity index (χ2n) is 6.08. The molecule has 0 bridgehead atoms. The van der Waals surface area contributed by atoms with Crippen molar-refractivity contribution in [2.45, 2.75) is 46.1 Å². The van der Waals surface area contributed by atoms with Crippen LogP contribution in [0.1, 0.15) is 43.7 Å². The fourth-order valence-electron chi connectivity index (χ4n) is 2.16. The van der Waals surface area contributed by atoms with Gasteiger partial charge in [0.1, 0.15) is 0 Å². The maximum absolute atomic E-state index is 4.94. The average Bonchev–Trinajstić information content (AvgIpc) is 2.90. The molecule has 0 saturated carbocycles. The summed E-state index contributed by atoms with van der Waals surface area (Å²) in [6.45, 7) is 9.96. The zero-order chi connectivity index (χ0) is 14.8. The van der Waals surface area contributed by atoms with Crippen LogP contribution >= 0.6 is 0 Å². The summed E-state index contributed by atoms with van der Waals surface area (Å²) in [5, 5.41) is 11.8. The lowest BCUT2D eigenvalue weighted by molar-refractivity contribution is 0.387. The summed E-state index contributed by atoms with van der Waals surface area (Å²) in [5.41, 5.74) is 2.44. The molecule has 0 atom stereocenters. The first-order valence-electron chi connectivity index (χ1n) is 6.89. The molecule has 0 aromatic carbocycles. The van der Waals surface area contributed by atoms with Crippen LogP contribution in [0, 0.1) is 6.92 Å². The Kier molecular flexibility index (Phi) is 4.23. The van der Waals surface area contributed by atoms with Crippen molar-refractivity contribution in [3.8, 4) is 0 Å². The molecule has 0 amide bonds. The van der Waals surface area contributed by atoms with E-state index in [1.54, 1.807) is 6.92 Å². The third kappa shape index (κ3) is 3.66. The van der Waals surface area contributed by atoms with Gasteiger partial charge in [0.25, 0.3) is 0 Å². The molecule has 0 saturated heterocycles. The van der Waals surface area contributed by atoms with Gasteiger partial charge in [0, 0.05) is 50.7 Å². The van der Waals surface area contributed by atoms with Crippen LogP contribution in [-0.4, -0.2) is 26.5 Å². The van der Waals surface area contributed by atoms with E-state index in [9.17, 15) is 0 Å². The number of nitrogens with one attached hydrogen (secondary N) is 1. The van der Waals surface area contributed by atoms with Gasteiger partial charge in [-0.05, 0) is 0 Å². The Morgan fingerprint density at radius 2 is 2.10 bits per heavy atom. The van der Waals surface area contributed by atoms with Crippen molar-refractivity contribution in [2.24, 2.45) is 7.05 Å². The van der Waals surface area contributed by atoms with Gasteiger partial charge in [0.2, 0.25) is 5.89 Å². The van der Waals surface area contributed by atoms with E-state index in [1.165, 1.54) is 5.56 Å². The van der Waals surface area contributed by atoms with E-state index < -0.39 is 0 Å². The molecule has 0 unspecified atom stereocenters. The Hall–Kier alpha value is -1.69. The zero-order valence-electron chi connectivity index (χ0n) is 12.9. The van der Waals surface area contributed by atoms with E-state index in [4.69, 9.17) is 4.52 Å². The molecule has 0 fully saturated rings. The molecular formula is C14H23N5O. The second-order valence-corrected chi connectivity index (χ2v) is 6.08. The zero-order valence-corrected chi connectivity index (χ0v) is 12.9. The number of hydrogen-bond acceptors (Lipinski definition) is 5. The highest BCUT2D eigenvalue weighted by Gasteiger charge is 2.21. The van der Waals surface area contributed by atoms with Crippen molar-refractivity contribution in [1.29, 1.82) is 0 Å². The van der Waals surface area contributed by atoms with Crippen LogP contribution in [0.5, 0.6) is 0 Å². The molecule has 0 aliphatic carbocycles. The Morgan fingerprint density at radius 1 is 1.35 bits per heavy atom. The van der Waals surface area contributed by atoms with Gasteiger partial charge in [0.05, 0.1) is 5.69 Å². The summed E-state index contributed by atoms with van der Waals surface area (Å²) in [5.74, 6) is 1.36. The molecule has 0 aliphatic rings. The van der Waals surface area contributed by atoms with E-state index in [0.29, 0.717) is 5.89 Å². The van der Waals surface area contributed by atoms with Gasteiger partial charge in [-0.3, -0.25) is 4.68 Å². The van der Waals surface area contributed by atoms with Gasteiger partial charge < -0.3 is 9.84 Å². The summed E-state index contributed by atoms with van der Waals surface area (Å²) in [4.78, 5) is 4.18. The third-order valence-electron chi connectivity index (χ3n) is 3.03. The summed E-state index contributed by atoms with van der Waals surface area (Å²) in [6, 6.07) is 0. The van der Waals surface area contributed by atoms with Crippen LogP contribution in [0.25, 0.3) is 0 Å². The predicted molar refractivity (Wildman–Crippen MR) is 76.4 cm³/mol. The number of hydrogen-bond donors (Lipinski definition) is 1. The molecule has 2 aromatic rings. The predicted octanol–water partition coefficient (Wildman–Crippen LogP) is 1.74. The normalized spacial score (nSPS) is 12.1. The molecule has 2 heterocycles. The first-order valence-corrected chi connectivity index (χ1v) is 6.89. The number of nitrogens with zero attached hydrogens (tertiary/aromatic N) is 4. The molecule has 110 valence electrons. The third-order valence-corrected chi connectivity index (χ3v) is 3.03. The minimum atomic E-state index is 0.0586. The van der Waals surface area contributed by atoms with Crippen LogP contribution < -0.4 is 5.32 Å². The van der Waals surface area contributed by atoms with E-state index in [2.05, 4.69) is 47.5 Å². The van der Waals surface area contributed by atoms with E-state index in [1.807, 2.05) is 11.7 Å². The number of rotatable bonds is 5. The Labute approximate surface area is 119 Å². The maximum atomic E-state index is 4.94. The van der Waals surface area contributed by atoms with E-state index in [0.717, 1.165) is 31.0 Å². The quantitative estimate of drug-likeness (QED) is 0.843. The van der Waals surface area contributed by atoms with Gasteiger partial charge in [-0.2, -0.15) is 10.1 Å². The van der Waals surface area contributed by atoms with Crippen molar-refractivity contribution in [3.05, 3.63) is 29.2 Å². The lowest BCUT2D eigenvalue weighted by Crippen LogP contribution is -2.21.